The highest BCUT2D eigenvalue weighted by atomic mass is 16.5. The molecule has 2 heterocycles. The monoisotopic (exact) mass is 413 g/mol. The number of ether oxygens (including phenoxy) is 1. The smallest absolute Gasteiger partial charge is 0.253 e. The molecule has 1 saturated carbocycles. The number of hydrogen-bond acceptors (Lipinski definition) is 4. The number of fused-ring (bicyclic) bond motifs is 1. The zero-order chi connectivity index (χ0) is 21.0. The summed E-state index contributed by atoms with van der Waals surface area (Å²) in [5, 5.41) is 3.22. The van der Waals surface area contributed by atoms with Gasteiger partial charge in [0, 0.05) is 30.7 Å². The van der Waals surface area contributed by atoms with Crippen LogP contribution >= 0.6 is 0 Å². The average molecular weight is 414 g/mol. The van der Waals surface area contributed by atoms with Crippen LogP contribution in [0.4, 0.5) is 0 Å². The van der Waals surface area contributed by atoms with Gasteiger partial charge in [0.15, 0.2) is 0 Å². The number of aryl methyl sites for hydroxylation is 1. The van der Waals surface area contributed by atoms with Gasteiger partial charge in [-0.05, 0) is 85.4 Å². The van der Waals surface area contributed by atoms with Crippen LogP contribution in [0.5, 0.6) is 5.88 Å². The second-order valence-corrected chi connectivity index (χ2v) is 8.50. The molecule has 1 aromatic carbocycles. The zero-order valence-electron chi connectivity index (χ0n) is 17.6. The summed E-state index contributed by atoms with van der Waals surface area (Å²) in [7, 11) is 0. The van der Waals surface area contributed by atoms with Gasteiger partial charge in [-0.1, -0.05) is 18.2 Å². The third-order valence-corrected chi connectivity index (χ3v) is 6.40. The first kappa shape index (κ1) is 19.7. The Kier molecular flexibility index (Phi) is 5.65. The molecule has 0 bridgehead atoms. The quantitative estimate of drug-likeness (QED) is 0.655. The zero-order valence-corrected chi connectivity index (χ0v) is 17.6. The van der Waals surface area contributed by atoms with Gasteiger partial charge in [-0.2, -0.15) is 0 Å². The molecule has 2 aromatic heterocycles. The summed E-state index contributed by atoms with van der Waals surface area (Å²) in [6.45, 7) is 0. The third-order valence-electron chi connectivity index (χ3n) is 6.40. The maximum atomic E-state index is 12.8. The van der Waals surface area contributed by atoms with E-state index in [1.165, 1.54) is 35.1 Å². The van der Waals surface area contributed by atoms with E-state index in [9.17, 15) is 4.79 Å². The van der Waals surface area contributed by atoms with E-state index in [0.29, 0.717) is 11.4 Å². The lowest BCUT2D eigenvalue weighted by Gasteiger charge is -2.27. The van der Waals surface area contributed by atoms with Gasteiger partial charge in [0.2, 0.25) is 5.88 Å². The first-order valence-corrected chi connectivity index (χ1v) is 11.2. The van der Waals surface area contributed by atoms with Crippen molar-refractivity contribution >= 4 is 5.91 Å². The molecule has 0 aliphatic heterocycles. The Morgan fingerprint density at radius 3 is 2.61 bits per heavy atom. The van der Waals surface area contributed by atoms with Crippen LogP contribution in [0.3, 0.4) is 0 Å². The molecule has 0 spiro atoms. The number of amides is 1. The molecule has 1 atom stereocenters. The molecular weight excluding hydrogens is 386 g/mol. The van der Waals surface area contributed by atoms with Crippen LogP contribution in [0.25, 0.3) is 11.1 Å². The van der Waals surface area contributed by atoms with Crippen LogP contribution < -0.4 is 10.1 Å². The summed E-state index contributed by atoms with van der Waals surface area (Å²) in [6.07, 6.45) is 12.9. The predicted octanol–water partition coefficient (Wildman–Crippen LogP) is 4.75. The standard InChI is InChI=1S/C26H27N3O2/c30-26(20-9-11-25(28-17-20)31-22-5-1-2-6-22)29-21-10-8-18-4-3-7-23(24(18)16-21)19-12-14-27-15-13-19/h3-4,7,9,11-15,17,21-22H,1-2,5-6,8,10,16H2,(H,29,30). The topological polar surface area (TPSA) is 64.1 Å². The second kappa shape index (κ2) is 8.88. The van der Waals surface area contributed by atoms with Crippen LogP contribution in [0.2, 0.25) is 0 Å². The number of nitrogens with one attached hydrogen (secondary N) is 1. The van der Waals surface area contributed by atoms with Gasteiger partial charge in [-0.3, -0.25) is 9.78 Å². The maximum absolute atomic E-state index is 12.8. The van der Waals surface area contributed by atoms with Crippen LogP contribution in [0.15, 0.2) is 61.1 Å². The average Bonchev–Trinajstić information content (AvgIpc) is 3.33. The molecule has 2 aliphatic rings. The summed E-state index contributed by atoms with van der Waals surface area (Å²) in [6, 6.07) is 14.3. The van der Waals surface area contributed by atoms with E-state index in [-0.39, 0.29) is 18.1 Å². The Bertz CT molecular complexity index is 1040. The van der Waals surface area contributed by atoms with E-state index in [1.807, 2.05) is 36.7 Å². The Hall–Kier alpha value is -3.21. The largest absolute Gasteiger partial charge is 0.474 e. The first-order chi connectivity index (χ1) is 15.3. The SMILES string of the molecule is O=C(NC1CCc2cccc(-c3ccncc3)c2C1)c1ccc(OC2CCCC2)nc1. The number of carbonyl (C=O) groups is 1. The number of benzene rings is 1. The molecular formula is C26H27N3O2. The van der Waals surface area contributed by atoms with Gasteiger partial charge >= 0.3 is 0 Å². The lowest BCUT2D eigenvalue weighted by Crippen LogP contribution is -2.39. The fourth-order valence-electron chi connectivity index (χ4n) is 4.74. The van der Waals surface area contributed by atoms with Gasteiger partial charge in [-0.15, -0.1) is 0 Å². The number of nitrogens with zero attached hydrogens (tertiary/aromatic N) is 2. The highest BCUT2D eigenvalue weighted by Crippen LogP contribution is 2.31. The van der Waals surface area contributed by atoms with Crippen molar-refractivity contribution < 1.29 is 9.53 Å². The van der Waals surface area contributed by atoms with Crippen molar-refractivity contribution in [1.29, 1.82) is 0 Å². The molecule has 31 heavy (non-hydrogen) atoms. The number of hydrogen-bond donors (Lipinski definition) is 1. The minimum Gasteiger partial charge on any atom is -0.474 e. The number of rotatable bonds is 5. The molecule has 0 radical (unpaired) electrons. The molecule has 5 nitrogen and oxygen atoms in total. The lowest BCUT2D eigenvalue weighted by atomic mass is 9.83. The third kappa shape index (κ3) is 4.46. The lowest BCUT2D eigenvalue weighted by molar-refractivity contribution is 0.0933. The van der Waals surface area contributed by atoms with Crippen LogP contribution in [0, 0.1) is 0 Å². The Labute approximate surface area is 182 Å². The molecule has 5 heteroatoms. The van der Waals surface area contributed by atoms with Crippen molar-refractivity contribution in [2.75, 3.05) is 0 Å². The molecule has 1 fully saturated rings. The number of carbonyl (C=O) groups excluding carboxylic acids is 1. The minimum atomic E-state index is -0.0743. The molecule has 1 amide bonds. The van der Waals surface area contributed by atoms with E-state index in [1.54, 1.807) is 6.20 Å². The van der Waals surface area contributed by atoms with Crippen LogP contribution in [-0.2, 0) is 12.8 Å². The fraction of sp³-hybridized carbons (Fsp3) is 0.346. The van der Waals surface area contributed by atoms with Gasteiger partial charge in [-0.25, -0.2) is 4.98 Å². The summed E-state index contributed by atoms with van der Waals surface area (Å²) < 4.78 is 5.91. The summed E-state index contributed by atoms with van der Waals surface area (Å²) in [4.78, 5) is 21.3. The Morgan fingerprint density at radius 1 is 1.00 bits per heavy atom. The fourth-order valence-corrected chi connectivity index (χ4v) is 4.74. The van der Waals surface area contributed by atoms with Crippen molar-refractivity contribution in [2.24, 2.45) is 0 Å². The predicted molar refractivity (Wildman–Crippen MR) is 120 cm³/mol. The maximum Gasteiger partial charge on any atom is 0.253 e. The van der Waals surface area contributed by atoms with Crippen LogP contribution in [0.1, 0.15) is 53.6 Å². The molecule has 1 N–H and O–H groups in total. The van der Waals surface area contributed by atoms with Gasteiger partial charge in [0.25, 0.3) is 5.91 Å². The Morgan fingerprint density at radius 2 is 1.84 bits per heavy atom. The van der Waals surface area contributed by atoms with Gasteiger partial charge in [0.05, 0.1) is 5.56 Å². The molecule has 3 aromatic rings. The molecule has 0 saturated heterocycles. The normalized spacial score (nSPS) is 18.4. The van der Waals surface area contributed by atoms with E-state index < -0.39 is 0 Å². The second-order valence-electron chi connectivity index (χ2n) is 8.50. The summed E-state index contributed by atoms with van der Waals surface area (Å²) >= 11 is 0. The van der Waals surface area contributed by atoms with E-state index in [2.05, 4.69) is 33.5 Å². The van der Waals surface area contributed by atoms with Crippen molar-refractivity contribution in [1.82, 2.24) is 15.3 Å². The van der Waals surface area contributed by atoms with Gasteiger partial charge < -0.3 is 10.1 Å². The van der Waals surface area contributed by atoms with Crippen molar-refractivity contribution in [2.45, 2.75) is 57.1 Å². The minimum absolute atomic E-state index is 0.0743. The van der Waals surface area contributed by atoms with E-state index in [0.717, 1.165) is 32.1 Å². The molecule has 1 unspecified atom stereocenters. The van der Waals surface area contributed by atoms with E-state index >= 15 is 0 Å². The highest BCUT2D eigenvalue weighted by Gasteiger charge is 2.23. The molecule has 158 valence electrons. The molecule has 2 aliphatic carbocycles. The van der Waals surface area contributed by atoms with Crippen molar-refractivity contribution in [3.8, 4) is 17.0 Å². The van der Waals surface area contributed by atoms with Gasteiger partial charge in [0.1, 0.15) is 6.10 Å². The molecule has 5 rings (SSSR count). The summed E-state index contributed by atoms with van der Waals surface area (Å²) in [5.74, 6) is 0.534. The van der Waals surface area contributed by atoms with Crippen molar-refractivity contribution in [3.05, 3.63) is 77.7 Å². The number of pyridine rings is 2. The summed E-state index contributed by atoms with van der Waals surface area (Å²) in [5.41, 5.74) is 5.67. The number of aromatic nitrogens is 2. The van der Waals surface area contributed by atoms with E-state index in [4.69, 9.17) is 4.74 Å². The highest BCUT2D eigenvalue weighted by molar-refractivity contribution is 5.94. The first-order valence-electron chi connectivity index (χ1n) is 11.2. The van der Waals surface area contributed by atoms with Crippen LogP contribution in [-0.4, -0.2) is 28.0 Å². The van der Waals surface area contributed by atoms with Crippen molar-refractivity contribution in [3.63, 3.8) is 0 Å². The Balaban J connectivity index is 1.26.